The molecule has 2 heterocycles. The number of likely N-dealkylation sites (tertiary alicyclic amines) is 1. The van der Waals surface area contributed by atoms with Crippen molar-refractivity contribution in [2.24, 2.45) is 5.92 Å². The van der Waals surface area contributed by atoms with Crippen molar-refractivity contribution < 1.29 is 23.9 Å². The van der Waals surface area contributed by atoms with Crippen LogP contribution in [0.5, 0.6) is 0 Å². The van der Waals surface area contributed by atoms with Gasteiger partial charge in [0, 0.05) is 44.1 Å². The molecular weight excluding hydrogens is 496 g/mol. The lowest BCUT2D eigenvalue weighted by atomic mass is 9.99. The molecule has 1 unspecified atom stereocenters. The lowest BCUT2D eigenvalue weighted by molar-refractivity contribution is -0.120. The van der Waals surface area contributed by atoms with E-state index in [1.165, 1.54) is 6.92 Å². The third kappa shape index (κ3) is 5.62. The fraction of sp³-hybridized carbons (Fsp3) is 0.467. The molecule has 1 aliphatic carbocycles. The van der Waals surface area contributed by atoms with Gasteiger partial charge in [-0.3, -0.25) is 19.3 Å². The summed E-state index contributed by atoms with van der Waals surface area (Å²) in [4.78, 5) is 55.8. The van der Waals surface area contributed by atoms with Crippen LogP contribution in [0.1, 0.15) is 57.3 Å². The second-order valence-corrected chi connectivity index (χ2v) is 11.1. The molecule has 39 heavy (non-hydrogen) atoms. The standard InChI is InChI=1S/C30H36N4O5/c1-18(2)39-30(38)33-16-19(3)34(29(37)23-9-10-23)26-12-11-24(15-27(26)33)21-5-7-22(8-6-21)28(36)32-14-13-25(17-32)31-20(4)35/h5-8,11-12,15,18-19,23,25H,9-10,13-14,16-17H2,1-4H3,(H,31,35)/t19-,25?/m0/s1. The smallest absolute Gasteiger partial charge is 0.414 e. The van der Waals surface area contributed by atoms with E-state index in [9.17, 15) is 19.2 Å². The Hall–Kier alpha value is -3.88. The van der Waals surface area contributed by atoms with Gasteiger partial charge in [-0.1, -0.05) is 18.2 Å². The van der Waals surface area contributed by atoms with Gasteiger partial charge in [0.2, 0.25) is 11.8 Å². The minimum absolute atomic E-state index is 0.0133. The van der Waals surface area contributed by atoms with Crippen molar-refractivity contribution in [3.63, 3.8) is 0 Å². The van der Waals surface area contributed by atoms with Gasteiger partial charge in [0.25, 0.3) is 5.91 Å². The second-order valence-electron chi connectivity index (χ2n) is 11.1. The van der Waals surface area contributed by atoms with E-state index in [2.05, 4.69) is 5.32 Å². The van der Waals surface area contributed by atoms with E-state index in [0.29, 0.717) is 36.6 Å². The van der Waals surface area contributed by atoms with Gasteiger partial charge in [-0.2, -0.15) is 0 Å². The zero-order valence-corrected chi connectivity index (χ0v) is 23.0. The van der Waals surface area contributed by atoms with Gasteiger partial charge < -0.3 is 19.9 Å². The van der Waals surface area contributed by atoms with Crippen molar-refractivity contribution in [2.75, 3.05) is 29.4 Å². The molecule has 206 valence electrons. The topological polar surface area (TPSA) is 99.3 Å². The highest BCUT2D eigenvalue weighted by atomic mass is 16.6. The molecule has 0 bridgehead atoms. The maximum Gasteiger partial charge on any atom is 0.414 e. The zero-order valence-electron chi connectivity index (χ0n) is 23.0. The number of carbonyl (C=O) groups excluding carboxylic acids is 4. The Balaban J connectivity index is 1.40. The Kier molecular flexibility index (Phi) is 7.34. The summed E-state index contributed by atoms with van der Waals surface area (Å²) in [5.74, 6) is 0.0159. The van der Waals surface area contributed by atoms with Crippen molar-refractivity contribution in [3.8, 4) is 11.1 Å². The molecule has 4 amide bonds. The van der Waals surface area contributed by atoms with Crippen LogP contribution in [0.3, 0.4) is 0 Å². The maximum absolute atomic E-state index is 13.2. The second kappa shape index (κ2) is 10.7. The van der Waals surface area contributed by atoms with E-state index in [4.69, 9.17) is 4.74 Å². The van der Waals surface area contributed by atoms with Crippen LogP contribution in [0, 0.1) is 5.92 Å². The largest absolute Gasteiger partial charge is 0.446 e. The number of hydrogen-bond acceptors (Lipinski definition) is 5. The van der Waals surface area contributed by atoms with E-state index >= 15 is 0 Å². The van der Waals surface area contributed by atoms with Crippen molar-refractivity contribution in [1.82, 2.24) is 10.2 Å². The minimum Gasteiger partial charge on any atom is -0.446 e. The Morgan fingerprint density at radius 1 is 0.923 bits per heavy atom. The van der Waals surface area contributed by atoms with Crippen LogP contribution in [-0.2, 0) is 14.3 Å². The van der Waals surface area contributed by atoms with Crippen LogP contribution in [-0.4, -0.2) is 66.5 Å². The number of hydrogen-bond donors (Lipinski definition) is 1. The lowest BCUT2D eigenvalue weighted by Gasteiger charge is -2.41. The van der Waals surface area contributed by atoms with E-state index < -0.39 is 6.09 Å². The summed E-state index contributed by atoms with van der Waals surface area (Å²) >= 11 is 0. The highest BCUT2D eigenvalue weighted by Gasteiger charge is 2.41. The summed E-state index contributed by atoms with van der Waals surface area (Å²) in [5, 5.41) is 2.88. The van der Waals surface area contributed by atoms with Gasteiger partial charge in [0.1, 0.15) is 0 Å². The molecule has 5 rings (SSSR count). The summed E-state index contributed by atoms with van der Waals surface area (Å²) in [6.07, 6.45) is 1.86. The van der Waals surface area contributed by atoms with E-state index in [1.807, 2.05) is 56.0 Å². The van der Waals surface area contributed by atoms with E-state index in [1.54, 1.807) is 21.9 Å². The molecule has 2 aromatic rings. The molecule has 9 nitrogen and oxygen atoms in total. The van der Waals surface area contributed by atoms with Gasteiger partial charge in [-0.25, -0.2) is 4.79 Å². The average molecular weight is 533 g/mol. The van der Waals surface area contributed by atoms with Crippen LogP contribution in [0.2, 0.25) is 0 Å². The predicted molar refractivity (Wildman–Crippen MR) is 149 cm³/mol. The van der Waals surface area contributed by atoms with Crippen molar-refractivity contribution in [2.45, 2.75) is 65.1 Å². The summed E-state index contributed by atoms with van der Waals surface area (Å²) < 4.78 is 5.53. The fourth-order valence-corrected chi connectivity index (χ4v) is 5.44. The first kappa shape index (κ1) is 26.7. The van der Waals surface area contributed by atoms with Gasteiger partial charge in [-0.15, -0.1) is 0 Å². The van der Waals surface area contributed by atoms with Crippen LogP contribution in [0.25, 0.3) is 11.1 Å². The Morgan fingerprint density at radius 2 is 1.62 bits per heavy atom. The van der Waals surface area contributed by atoms with Crippen molar-refractivity contribution in [3.05, 3.63) is 48.0 Å². The third-order valence-electron chi connectivity index (χ3n) is 7.48. The number of nitrogens with one attached hydrogen (secondary N) is 1. The first-order chi connectivity index (χ1) is 18.6. The number of benzene rings is 2. The molecule has 3 aliphatic rings. The Bertz CT molecular complexity index is 1290. The molecule has 9 heteroatoms. The minimum atomic E-state index is -0.433. The van der Waals surface area contributed by atoms with Gasteiger partial charge >= 0.3 is 6.09 Å². The van der Waals surface area contributed by atoms with Crippen LogP contribution in [0.4, 0.5) is 16.2 Å². The van der Waals surface area contributed by atoms with Gasteiger partial charge in [-0.05, 0) is 75.4 Å². The number of ether oxygens (including phenoxy) is 1. The first-order valence-corrected chi connectivity index (χ1v) is 13.7. The summed E-state index contributed by atoms with van der Waals surface area (Å²) in [5.41, 5.74) is 3.70. The molecule has 2 atom stereocenters. The number of amides is 4. The Morgan fingerprint density at radius 3 is 2.26 bits per heavy atom. The highest BCUT2D eigenvalue weighted by molar-refractivity contribution is 6.05. The first-order valence-electron chi connectivity index (χ1n) is 13.7. The predicted octanol–water partition coefficient (Wildman–Crippen LogP) is 4.20. The molecule has 0 aromatic heterocycles. The van der Waals surface area contributed by atoms with Crippen LogP contribution in [0.15, 0.2) is 42.5 Å². The molecule has 2 aliphatic heterocycles. The average Bonchev–Trinajstić information content (AvgIpc) is 3.65. The number of carbonyl (C=O) groups is 4. The summed E-state index contributed by atoms with van der Waals surface area (Å²) in [7, 11) is 0. The molecule has 0 spiro atoms. The highest BCUT2D eigenvalue weighted by Crippen LogP contribution is 2.42. The number of anilines is 2. The molecule has 1 saturated heterocycles. The fourth-order valence-electron chi connectivity index (χ4n) is 5.44. The molecule has 1 N–H and O–H groups in total. The monoisotopic (exact) mass is 532 g/mol. The van der Waals surface area contributed by atoms with E-state index in [0.717, 1.165) is 30.4 Å². The number of rotatable bonds is 5. The molecule has 2 fully saturated rings. The van der Waals surface area contributed by atoms with Crippen molar-refractivity contribution >= 4 is 35.2 Å². The SMILES string of the molecule is CC(=O)NC1CCN(C(=O)c2ccc(-c3ccc4c(c3)N(C(=O)OC(C)C)C[C@H](C)N4C(=O)C3CC3)cc2)C1. The lowest BCUT2D eigenvalue weighted by Crippen LogP contribution is -2.52. The molecule has 2 aromatic carbocycles. The molecular formula is C30H36N4O5. The van der Waals surface area contributed by atoms with Gasteiger partial charge in [0.05, 0.1) is 23.5 Å². The van der Waals surface area contributed by atoms with Crippen molar-refractivity contribution in [1.29, 1.82) is 0 Å². The maximum atomic E-state index is 13.2. The normalized spacial score (nSPS) is 20.6. The number of fused-ring (bicyclic) bond motifs is 1. The quantitative estimate of drug-likeness (QED) is 0.622. The molecule has 1 saturated carbocycles. The zero-order chi connectivity index (χ0) is 27.8. The van der Waals surface area contributed by atoms with E-state index in [-0.39, 0.29) is 41.8 Å². The van der Waals surface area contributed by atoms with Gasteiger partial charge in [0.15, 0.2) is 0 Å². The summed E-state index contributed by atoms with van der Waals surface area (Å²) in [6, 6.07) is 13.0. The van der Waals surface area contributed by atoms with Crippen LogP contribution < -0.4 is 15.1 Å². The Labute approximate surface area is 229 Å². The van der Waals surface area contributed by atoms with Crippen LogP contribution >= 0.6 is 0 Å². The summed E-state index contributed by atoms with van der Waals surface area (Å²) in [6.45, 7) is 8.53. The molecule has 0 radical (unpaired) electrons. The third-order valence-corrected chi connectivity index (χ3v) is 7.48. The number of nitrogens with zero attached hydrogens (tertiary/aromatic N) is 3.